The zero-order valence-corrected chi connectivity index (χ0v) is 15.9. The van der Waals surface area contributed by atoms with Gasteiger partial charge in [0, 0.05) is 10.9 Å². The number of rotatable bonds is 5. The number of nitrogens with zero attached hydrogens (tertiary/aromatic N) is 2. The highest BCUT2D eigenvalue weighted by molar-refractivity contribution is 6.02. The van der Waals surface area contributed by atoms with Gasteiger partial charge in [-0.3, -0.25) is 4.79 Å². The van der Waals surface area contributed by atoms with Crippen LogP contribution in [-0.2, 0) is 0 Å². The quantitative estimate of drug-likeness (QED) is 0.487. The van der Waals surface area contributed by atoms with E-state index in [1.54, 1.807) is 0 Å². The molecule has 1 heterocycles. The van der Waals surface area contributed by atoms with Gasteiger partial charge in [0.05, 0.1) is 11.2 Å². The van der Waals surface area contributed by atoms with Crippen LogP contribution in [0.15, 0.2) is 78.9 Å². The minimum atomic E-state index is -0.564. The van der Waals surface area contributed by atoms with E-state index in [0.29, 0.717) is 11.5 Å². The van der Waals surface area contributed by atoms with Crippen LogP contribution in [0.2, 0.25) is 0 Å². The minimum absolute atomic E-state index is 0.0166. The van der Waals surface area contributed by atoms with Crippen molar-refractivity contribution in [2.75, 3.05) is 5.32 Å². The zero-order chi connectivity index (χ0) is 19.5. The molecule has 4 rings (SSSR count). The first kappa shape index (κ1) is 17.9. The Hall–Kier alpha value is -3.53. The number of hydrogen-bond donors (Lipinski definition) is 1. The molecule has 0 aliphatic heterocycles. The second kappa shape index (κ2) is 7.61. The van der Waals surface area contributed by atoms with E-state index in [1.807, 2.05) is 79.7 Å². The normalized spacial score (nSPS) is 11.9. The average Bonchev–Trinajstić information content (AvgIpc) is 2.73. The number of fused-ring (bicyclic) bond motifs is 1. The monoisotopic (exact) mass is 367 g/mol. The summed E-state index contributed by atoms with van der Waals surface area (Å²) < 4.78 is 0. The third-order valence-electron chi connectivity index (χ3n) is 4.77. The van der Waals surface area contributed by atoms with Gasteiger partial charge >= 0.3 is 0 Å². The second-order valence-corrected chi connectivity index (χ2v) is 6.87. The van der Waals surface area contributed by atoms with Crippen molar-refractivity contribution in [1.29, 1.82) is 0 Å². The summed E-state index contributed by atoms with van der Waals surface area (Å²) in [6, 6.07) is 24.5. The van der Waals surface area contributed by atoms with Crippen molar-refractivity contribution >= 4 is 22.6 Å². The van der Waals surface area contributed by atoms with Gasteiger partial charge in [-0.15, -0.1) is 0 Å². The Morgan fingerprint density at radius 2 is 1.54 bits per heavy atom. The molecule has 0 radical (unpaired) electrons. The van der Waals surface area contributed by atoms with Gasteiger partial charge in [0.1, 0.15) is 6.04 Å². The molecule has 0 saturated carbocycles. The van der Waals surface area contributed by atoms with E-state index < -0.39 is 6.04 Å². The van der Waals surface area contributed by atoms with Crippen LogP contribution in [0.1, 0.15) is 33.2 Å². The maximum absolute atomic E-state index is 13.2. The lowest BCUT2D eigenvalue weighted by Gasteiger charge is -2.19. The molecule has 0 aliphatic rings. The van der Waals surface area contributed by atoms with Crippen molar-refractivity contribution in [1.82, 2.24) is 9.97 Å². The molecule has 1 N–H and O–H groups in total. The molecule has 0 fully saturated rings. The Morgan fingerprint density at radius 1 is 0.857 bits per heavy atom. The summed E-state index contributed by atoms with van der Waals surface area (Å²) in [5.41, 5.74) is 4.44. The first-order valence-electron chi connectivity index (χ1n) is 9.27. The number of carbonyl (C=O) groups excluding carboxylic acids is 1. The molecule has 0 aliphatic carbocycles. The van der Waals surface area contributed by atoms with E-state index in [-0.39, 0.29) is 5.78 Å². The smallest absolute Gasteiger partial charge is 0.224 e. The second-order valence-electron chi connectivity index (χ2n) is 6.87. The number of benzene rings is 3. The lowest BCUT2D eigenvalue weighted by molar-refractivity contribution is 0.0969. The molecule has 0 spiro atoms. The molecule has 1 aromatic heterocycles. The number of aryl methyl sites for hydroxylation is 2. The molecule has 4 heteroatoms. The van der Waals surface area contributed by atoms with E-state index in [2.05, 4.69) is 28.3 Å². The molecule has 0 bridgehead atoms. The van der Waals surface area contributed by atoms with Crippen molar-refractivity contribution in [2.45, 2.75) is 19.9 Å². The van der Waals surface area contributed by atoms with Gasteiger partial charge in [0.25, 0.3) is 0 Å². The van der Waals surface area contributed by atoms with E-state index in [9.17, 15) is 4.79 Å². The van der Waals surface area contributed by atoms with E-state index in [4.69, 9.17) is 0 Å². The predicted octanol–water partition coefficient (Wildman–Crippen LogP) is 5.28. The van der Waals surface area contributed by atoms with Crippen LogP contribution in [0, 0.1) is 13.8 Å². The molecule has 3 aromatic carbocycles. The predicted molar refractivity (Wildman–Crippen MR) is 113 cm³/mol. The average molecular weight is 367 g/mol. The zero-order valence-electron chi connectivity index (χ0n) is 15.9. The third kappa shape index (κ3) is 3.62. The van der Waals surface area contributed by atoms with Gasteiger partial charge in [-0.25, -0.2) is 9.97 Å². The highest BCUT2D eigenvalue weighted by atomic mass is 16.1. The summed E-state index contributed by atoms with van der Waals surface area (Å²) >= 11 is 0. The van der Waals surface area contributed by atoms with Crippen LogP contribution >= 0.6 is 0 Å². The number of nitrogens with one attached hydrogen (secondary N) is 1. The van der Waals surface area contributed by atoms with Crippen LogP contribution in [0.4, 0.5) is 5.95 Å². The van der Waals surface area contributed by atoms with Gasteiger partial charge in [-0.05, 0) is 31.5 Å². The number of ketones is 1. The first-order valence-corrected chi connectivity index (χ1v) is 9.27. The lowest BCUT2D eigenvalue weighted by Crippen LogP contribution is -2.22. The van der Waals surface area contributed by atoms with E-state index in [1.165, 1.54) is 5.56 Å². The van der Waals surface area contributed by atoms with Crippen molar-refractivity contribution in [3.05, 3.63) is 101 Å². The Morgan fingerprint density at radius 3 is 2.25 bits per heavy atom. The molecular weight excluding hydrogens is 346 g/mol. The molecule has 0 amide bonds. The van der Waals surface area contributed by atoms with Crippen LogP contribution in [0.3, 0.4) is 0 Å². The maximum Gasteiger partial charge on any atom is 0.224 e. The Bertz CT molecular complexity index is 1120. The van der Waals surface area contributed by atoms with Crippen molar-refractivity contribution in [2.24, 2.45) is 0 Å². The molecule has 4 aromatic rings. The summed E-state index contributed by atoms with van der Waals surface area (Å²) in [5, 5.41) is 4.29. The van der Waals surface area contributed by atoms with Crippen molar-refractivity contribution < 1.29 is 4.79 Å². The minimum Gasteiger partial charge on any atom is -0.340 e. The number of hydrogen-bond acceptors (Lipinski definition) is 4. The van der Waals surface area contributed by atoms with E-state index in [0.717, 1.165) is 22.2 Å². The molecular formula is C24H21N3O. The topological polar surface area (TPSA) is 54.9 Å². The summed E-state index contributed by atoms with van der Waals surface area (Å²) in [7, 11) is 0. The fraction of sp³-hybridized carbons (Fsp3) is 0.125. The molecule has 1 atom stereocenters. The van der Waals surface area contributed by atoms with Gasteiger partial charge in [0.2, 0.25) is 5.95 Å². The number of aromatic nitrogens is 2. The van der Waals surface area contributed by atoms with Crippen LogP contribution in [-0.4, -0.2) is 15.8 Å². The SMILES string of the molecule is Cc1ccc2nc(N[C@H](C(=O)c3ccccc3)c3ccccc3)nc(C)c2c1. The first-order chi connectivity index (χ1) is 13.6. The summed E-state index contributed by atoms with van der Waals surface area (Å²) in [6.07, 6.45) is 0. The van der Waals surface area contributed by atoms with Gasteiger partial charge < -0.3 is 5.32 Å². The van der Waals surface area contributed by atoms with Crippen LogP contribution < -0.4 is 5.32 Å². The van der Waals surface area contributed by atoms with Crippen LogP contribution in [0.5, 0.6) is 0 Å². The number of anilines is 1. The summed E-state index contributed by atoms with van der Waals surface area (Å²) in [4.78, 5) is 22.5. The van der Waals surface area contributed by atoms with Gasteiger partial charge in [-0.2, -0.15) is 0 Å². The van der Waals surface area contributed by atoms with Crippen LogP contribution in [0.25, 0.3) is 10.9 Å². The largest absolute Gasteiger partial charge is 0.340 e. The number of carbonyl (C=O) groups is 1. The summed E-state index contributed by atoms with van der Waals surface area (Å²) in [6.45, 7) is 4.01. The maximum atomic E-state index is 13.2. The third-order valence-corrected chi connectivity index (χ3v) is 4.77. The Kier molecular flexibility index (Phi) is 4.85. The van der Waals surface area contributed by atoms with Crippen molar-refractivity contribution in [3.8, 4) is 0 Å². The molecule has 0 unspecified atom stereocenters. The molecule has 138 valence electrons. The summed E-state index contributed by atoms with van der Waals surface area (Å²) in [5.74, 6) is 0.434. The lowest BCUT2D eigenvalue weighted by atomic mass is 9.97. The molecule has 28 heavy (non-hydrogen) atoms. The van der Waals surface area contributed by atoms with E-state index >= 15 is 0 Å². The Labute approximate surface area is 164 Å². The fourth-order valence-corrected chi connectivity index (χ4v) is 3.30. The highest BCUT2D eigenvalue weighted by Gasteiger charge is 2.23. The van der Waals surface area contributed by atoms with Gasteiger partial charge in [-0.1, -0.05) is 72.3 Å². The van der Waals surface area contributed by atoms with Gasteiger partial charge in [0.15, 0.2) is 5.78 Å². The fourth-order valence-electron chi connectivity index (χ4n) is 3.30. The molecule has 0 saturated heterocycles. The number of Topliss-reactive ketones (excluding diaryl/α,β-unsaturated/α-hetero) is 1. The highest BCUT2D eigenvalue weighted by Crippen LogP contribution is 2.24. The van der Waals surface area contributed by atoms with Crippen molar-refractivity contribution in [3.63, 3.8) is 0 Å². The molecule has 4 nitrogen and oxygen atoms in total. The Balaban J connectivity index is 1.75. The standard InChI is InChI=1S/C24H21N3O/c1-16-13-14-21-20(15-16)17(2)25-24(26-21)27-22(18-9-5-3-6-10-18)23(28)19-11-7-4-8-12-19/h3-15,22H,1-2H3,(H,25,26,27)/t22-/m0/s1.